The summed E-state index contributed by atoms with van der Waals surface area (Å²) in [5, 5.41) is 0.165. The molecule has 0 heterocycles. The van der Waals surface area contributed by atoms with Gasteiger partial charge in [-0.15, -0.1) is 0 Å². The van der Waals surface area contributed by atoms with E-state index in [4.69, 9.17) is 11.6 Å². The van der Waals surface area contributed by atoms with E-state index >= 15 is 0 Å². The third kappa shape index (κ3) is 3.99. The molecule has 1 aromatic carbocycles. The van der Waals surface area contributed by atoms with Crippen molar-refractivity contribution in [2.24, 2.45) is 0 Å². The fourth-order valence-electron chi connectivity index (χ4n) is 0.615. The second-order valence-corrected chi connectivity index (χ2v) is 2.61. The molecular weight excluding hydrogens is 207 g/mol. The van der Waals surface area contributed by atoms with Gasteiger partial charge < -0.3 is 17.4 Å². The van der Waals surface area contributed by atoms with E-state index in [1.807, 2.05) is 0 Å². The van der Waals surface area contributed by atoms with E-state index in [1.54, 1.807) is 24.3 Å². The van der Waals surface area contributed by atoms with Gasteiger partial charge in [-0.1, -0.05) is 23.7 Å². The largest absolute Gasteiger partial charge is 1.00 e. The van der Waals surface area contributed by atoms with Crippen LogP contribution in [0.4, 0.5) is 0 Å². The molecule has 0 aliphatic rings. The van der Waals surface area contributed by atoms with Gasteiger partial charge >= 0.3 is 51.4 Å². The Morgan fingerprint density at radius 1 is 1.45 bits per heavy atom. The molecule has 4 heteroatoms. The molecule has 0 spiro atoms. The molecule has 0 bridgehead atoms. The summed E-state index contributed by atoms with van der Waals surface area (Å²) < 4.78 is 0. The molecular formula is C7H4ClKOS. The van der Waals surface area contributed by atoms with Gasteiger partial charge in [0.1, 0.15) is 0 Å². The van der Waals surface area contributed by atoms with Crippen molar-refractivity contribution in [2.75, 3.05) is 0 Å². The maximum atomic E-state index is 10.6. The summed E-state index contributed by atoms with van der Waals surface area (Å²) >= 11 is 10.00. The van der Waals surface area contributed by atoms with Gasteiger partial charge in [-0.3, -0.25) is 0 Å². The van der Waals surface area contributed by atoms with E-state index < -0.39 is 0 Å². The Morgan fingerprint density at radius 2 is 2.09 bits per heavy atom. The van der Waals surface area contributed by atoms with Crippen LogP contribution >= 0.6 is 11.6 Å². The Balaban J connectivity index is 0.000001000. The SMILES string of the molecule is O=C([S-])c1cccc(Cl)c1.[K+]. The number of halogens is 1. The molecule has 0 saturated carbocycles. The minimum Gasteiger partial charge on any atom is -0.737 e. The molecule has 0 aromatic heterocycles. The van der Waals surface area contributed by atoms with E-state index in [1.165, 1.54) is 0 Å². The van der Waals surface area contributed by atoms with Crippen molar-refractivity contribution < 1.29 is 56.2 Å². The van der Waals surface area contributed by atoms with E-state index in [2.05, 4.69) is 12.6 Å². The van der Waals surface area contributed by atoms with Crippen LogP contribution in [0.2, 0.25) is 5.02 Å². The van der Waals surface area contributed by atoms with Crippen LogP contribution in [0.1, 0.15) is 10.4 Å². The summed E-state index contributed by atoms with van der Waals surface area (Å²) in [4.78, 5) is 10.6. The number of benzene rings is 1. The van der Waals surface area contributed by atoms with Crippen molar-refractivity contribution in [3.8, 4) is 0 Å². The van der Waals surface area contributed by atoms with E-state index in [9.17, 15) is 4.79 Å². The quantitative estimate of drug-likeness (QED) is 0.439. The van der Waals surface area contributed by atoms with Gasteiger partial charge in [-0.2, -0.15) is 0 Å². The number of hydrogen-bond acceptors (Lipinski definition) is 2. The molecule has 0 aliphatic heterocycles. The number of carbonyl (C=O) groups is 1. The zero-order valence-electron chi connectivity index (χ0n) is 6.00. The first kappa shape index (κ1) is 12.0. The molecule has 0 radical (unpaired) electrons. The first-order chi connectivity index (χ1) is 4.70. The van der Waals surface area contributed by atoms with Crippen LogP contribution in [0.5, 0.6) is 0 Å². The van der Waals surface area contributed by atoms with Gasteiger partial charge in [0, 0.05) is 10.1 Å². The zero-order chi connectivity index (χ0) is 7.56. The second-order valence-electron chi connectivity index (χ2n) is 1.80. The second kappa shape index (κ2) is 5.64. The fourth-order valence-corrected chi connectivity index (χ4v) is 0.933. The van der Waals surface area contributed by atoms with Crippen LogP contribution in [0, 0.1) is 0 Å². The Bertz CT molecular complexity index is 264. The summed E-state index contributed by atoms with van der Waals surface area (Å²) in [7, 11) is 0. The molecule has 0 N–H and O–H groups in total. The Kier molecular flexibility index (Phi) is 6.17. The van der Waals surface area contributed by atoms with Crippen LogP contribution in [-0.4, -0.2) is 5.12 Å². The van der Waals surface area contributed by atoms with Crippen molar-refractivity contribution in [2.45, 2.75) is 0 Å². The van der Waals surface area contributed by atoms with Crippen molar-refractivity contribution >= 4 is 29.3 Å². The average molecular weight is 211 g/mol. The summed E-state index contributed by atoms with van der Waals surface area (Å²) in [6.45, 7) is 0. The van der Waals surface area contributed by atoms with E-state index in [-0.39, 0.29) is 56.5 Å². The van der Waals surface area contributed by atoms with Crippen molar-refractivity contribution in [3.05, 3.63) is 34.9 Å². The van der Waals surface area contributed by atoms with Crippen LogP contribution in [0.25, 0.3) is 0 Å². The maximum absolute atomic E-state index is 10.6. The Labute approximate surface area is 118 Å². The average Bonchev–Trinajstić information content (AvgIpc) is 1.88. The van der Waals surface area contributed by atoms with Crippen LogP contribution in [0.15, 0.2) is 24.3 Å². The normalized spacial score (nSPS) is 8.45. The van der Waals surface area contributed by atoms with Crippen LogP contribution < -0.4 is 51.4 Å². The molecule has 0 amide bonds. The predicted octanol–water partition coefficient (Wildman–Crippen LogP) is -0.969. The smallest absolute Gasteiger partial charge is 0.737 e. The van der Waals surface area contributed by atoms with Gasteiger partial charge in [0.15, 0.2) is 0 Å². The van der Waals surface area contributed by atoms with Gasteiger partial charge in [-0.25, -0.2) is 0 Å². The Hall–Kier alpha value is 1.04. The monoisotopic (exact) mass is 210 g/mol. The molecule has 0 unspecified atom stereocenters. The minimum atomic E-state index is -0.373. The van der Waals surface area contributed by atoms with Gasteiger partial charge in [0.05, 0.1) is 0 Å². The number of carbonyl (C=O) groups excluding carboxylic acids is 1. The first-order valence-corrected chi connectivity index (χ1v) is 3.45. The van der Waals surface area contributed by atoms with E-state index in [0.29, 0.717) is 10.6 Å². The van der Waals surface area contributed by atoms with Gasteiger partial charge in [0.25, 0.3) is 0 Å². The van der Waals surface area contributed by atoms with Crippen LogP contribution in [-0.2, 0) is 12.6 Å². The van der Waals surface area contributed by atoms with Crippen molar-refractivity contribution in [3.63, 3.8) is 0 Å². The summed E-state index contributed by atoms with van der Waals surface area (Å²) in [5.74, 6) is 0. The predicted molar refractivity (Wildman–Crippen MR) is 43.1 cm³/mol. The minimum absolute atomic E-state index is 0. The van der Waals surface area contributed by atoms with E-state index in [0.717, 1.165) is 0 Å². The van der Waals surface area contributed by atoms with Crippen LogP contribution in [0.3, 0.4) is 0 Å². The summed E-state index contributed by atoms with van der Waals surface area (Å²) in [6, 6.07) is 6.59. The molecule has 1 rings (SSSR count). The molecule has 0 atom stereocenters. The Morgan fingerprint density at radius 3 is 2.45 bits per heavy atom. The van der Waals surface area contributed by atoms with Crippen molar-refractivity contribution in [1.29, 1.82) is 0 Å². The topological polar surface area (TPSA) is 17.1 Å². The first-order valence-electron chi connectivity index (χ1n) is 2.67. The molecule has 1 aromatic rings. The number of hydrogen-bond donors (Lipinski definition) is 0. The molecule has 0 aliphatic carbocycles. The zero-order valence-corrected chi connectivity index (χ0v) is 10.7. The molecule has 1 nitrogen and oxygen atoms in total. The molecule has 0 saturated heterocycles. The number of rotatable bonds is 1. The molecule has 52 valence electrons. The third-order valence-corrected chi connectivity index (χ3v) is 1.53. The summed E-state index contributed by atoms with van der Waals surface area (Å²) in [6.07, 6.45) is 0. The standard InChI is InChI=1S/C7H5ClOS.K/c8-6-3-1-2-5(4-6)7(9)10;/h1-4H,(H,9,10);/q;+1/p-1. The van der Waals surface area contributed by atoms with Gasteiger partial charge in [0.2, 0.25) is 0 Å². The third-order valence-electron chi connectivity index (χ3n) is 1.06. The van der Waals surface area contributed by atoms with Gasteiger partial charge in [-0.05, 0) is 17.7 Å². The fraction of sp³-hybridized carbons (Fsp3) is 0. The molecule has 11 heavy (non-hydrogen) atoms. The van der Waals surface area contributed by atoms with Crippen molar-refractivity contribution in [1.82, 2.24) is 0 Å². The maximum Gasteiger partial charge on any atom is 1.00 e. The molecule has 0 fully saturated rings. The summed E-state index contributed by atoms with van der Waals surface area (Å²) in [5.41, 5.74) is 0.475.